The first-order valence-electron chi connectivity index (χ1n) is 3.81. The molecule has 1 aliphatic heterocycles. The molecular weight excluding hydrogens is 176 g/mol. The van der Waals surface area contributed by atoms with E-state index in [2.05, 4.69) is 6.08 Å². The predicted molar refractivity (Wildman–Crippen MR) is 51.0 cm³/mol. The molecule has 11 heavy (non-hydrogen) atoms. The van der Waals surface area contributed by atoms with Gasteiger partial charge in [-0.15, -0.1) is 23.5 Å². The first kappa shape index (κ1) is 7.74. The van der Waals surface area contributed by atoms with Crippen LogP contribution in [0.15, 0.2) is 11.6 Å². The molecule has 60 valence electrons. The molecule has 3 heteroatoms. The van der Waals surface area contributed by atoms with Gasteiger partial charge in [-0.25, -0.2) is 0 Å². The van der Waals surface area contributed by atoms with Gasteiger partial charge in [-0.1, -0.05) is 6.08 Å². The Bertz CT molecular complexity index is 204. The quantitative estimate of drug-likeness (QED) is 0.584. The summed E-state index contributed by atoms with van der Waals surface area (Å²) in [6, 6.07) is 0. The second-order valence-corrected chi connectivity index (χ2v) is 5.81. The third-order valence-corrected chi connectivity index (χ3v) is 5.75. The van der Waals surface area contributed by atoms with E-state index in [1.807, 2.05) is 23.5 Å². The van der Waals surface area contributed by atoms with E-state index in [0.29, 0.717) is 0 Å². The summed E-state index contributed by atoms with van der Waals surface area (Å²) < 4.78 is 0.182. The Balaban J connectivity index is 2.24. The number of allylic oxidation sites excluding steroid dienone is 1. The predicted octanol–water partition coefficient (Wildman–Crippen LogP) is 2.08. The molecule has 0 aromatic heterocycles. The summed E-state index contributed by atoms with van der Waals surface area (Å²) >= 11 is 3.90. The summed E-state index contributed by atoms with van der Waals surface area (Å²) in [4.78, 5) is 10.7. The zero-order valence-corrected chi connectivity index (χ0v) is 7.84. The van der Waals surface area contributed by atoms with E-state index in [-0.39, 0.29) is 4.08 Å². The number of hydrogen-bond acceptors (Lipinski definition) is 3. The SMILES string of the molecule is O=CC1=CCCC12SCCS2. The average Bonchev–Trinajstić information content (AvgIpc) is 2.62. The van der Waals surface area contributed by atoms with Crippen LogP contribution in [0.4, 0.5) is 0 Å². The van der Waals surface area contributed by atoms with Gasteiger partial charge in [0.05, 0.1) is 4.08 Å². The van der Waals surface area contributed by atoms with Crippen LogP contribution in [-0.2, 0) is 4.79 Å². The van der Waals surface area contributed by atoms with Gasteiger partial charge in [0.1, 0.15) is 6.29 Å². The normalized spacial score (nSPS) is 27.5. The van der Waals surface area contributed by atoms with Crippen LogP contribution >= 0.6 is 23.5 Å². The number of rotatable bonds is 1. The zero-order chi connectivity index (χ0) is 7.73. The zero-order valence-electron chi connectivity index (χ0n) is 6.21. The molecule has 0 bridgehead atoms. The Morgan fingerprint density at radius 1 is 1.45 bits per heavy atom. The molecule has 0 atom stereocenters. The van der Waals surface area contributed by atoms with Crippen LogP contribution in [0.2, 0.25) is 0 Å². The van der Waals surface area contributed by atoms with Crippen molar-refractivity contribution >= 4 is 29.8 Å². The maximum Gasteiger partial charge on any atom is 0.147 e. The first-order chi connectivity index (χ1) is 5.37. The van der Waals surface area contributed by atoms with Crippen molar-refractivity contribution in [3.05, 3.63) is 11.6 Å². The highest BCUT2D eigenvalue weighted by Gasteiger charge is 2.41. The van der Waals surface area contributed by atoms with Gasteiger partial charge in [-0.2, -0.15) is 0 Å². The minimum atomic E-state index is 0.182. The molecule has 0 aromatic carbocycles. The largest absolute Gasteiger partial charge is 0.298 e. The summed E-state index contributed by atoms with van der Waals surface area (Å²) in [5, 5.41) is 0. The second kappa shape index (κ2) is 2.87. The Hall–Kier alpha value is 0.110. The molecule has 0 N–H and O–H groups in total. The lowest BCUT2D eigenvalue weighted by atomic mass is 10.2. The number of hydrogen-bond donors (Lipinski definition) is 0. The lowest BCUT2D eigenvalue weighted by Gasteiger charge is -2.21. The van der Waals surface area contributed by atoms with Gasteiger partial charge in [0, 0.05) is 17.1 Å². The molecule has 0 radical (unpaired) electrons. The highest BCUT2D eigenvalue weighted by atomic mass is 32.2. The third-order valence-electron chi connectivity index (χ3n) is 2.16. The fraction of sp³-hybridized carbons (Fsp3) is 0.625. The van der Waals surface area contributed by atoms with Crippen LogP contribution in [0.5, 0.6) is 0 Å². The molecular formula is C8H10OS2. The van der Waals surface area contributed by atoms with Gasteiger partial charge >= 0.3 is 0 Å². The Labute approximate surface area is 75.0 Å². The molecule has 1 aliphatic carbocycles. The molecule has 2 rings (SSSR count). The molecule has 1 spiro atoms. The van der Waals surface area contributed by atoms with Crippen LogP contribution < -0.4 is 0 Å². The molecule has 0 saturated carbocycles. The van der Waals surface area contributed by atoms with E-state index in [1.54, 1.807) is 0 Å². The monoisotopic (exact) mass is 186 g/mol. The van der Waals surface area contributed by atoms with Gasteiger partial charge in [-0.05, 0) is 12.8 Å². The van der Waals surface area contributed by atoms with Crippen LogP contribution in [0.25, 0.3) is 0 Å². The summed E-state index contributed by atoms with van der Waals surface area (Å²) in [7, 11) is 0. The lowest BCUT2D eigenvalue weighted by Crippen LogP contribution is -2.16. The van der Waals surface area contributed by atoms with Crippen molar-refractivity contribution in [3.63, 3.8) is 0 Å². The van der Waals surface area contributed by atoms with Crippen molar-refractivity contribution in [3.8, 4) is 0 Å². The highest BCUT2D eigenvalue weighted by Crippen LogP contribution is 2.54. The highest BCUT2D eigenvalue weighted by molar-refractivity contribution is 8.21. The second-order valence-electron chi connectivity index (χ2n) is 2.77. The maximum absolute atomic E-state index is 10.7. The minimum Gasteiger partial charge on any atom is -0.298 e. The minimum absolute atomic E-state index is 0.182. The van der Waals surface area contributed by atoms with Crippen molar-refractivity contribution in [1.29, 1.82) is 0 Å². The van der Waals surface area contributed by atoms with E-state index in [0.717, 1.165) is 24.7 Å². The molecule has 0 aromatic rings. The Kier molecular flexibility index (Phi) is 2.02. The number of aldehydes is 1. The van der Waals surface area contributed by atoms with Crippen molar-refractivity contribution in [2.75, 3.05) is 11.5 Å². The van der Waals surface area contributed by atoms with Gasteiger partial charge in [0.15, 0.2) is 0 Å². The van der Waals surface area contributed by atoms with Crippen LogP contribution in [0.1, 0.15) is 12.8 Å². The number of carbonyl (C=O) groups is 1. The summed E-state index contributed by atoms with van der Waals surface area (Å²) in [6.45, 7) is 0. The summed E-state index contributed by atoms with van der Waals surface area (Å²) in [6.07, 6.45) is 5.39. The molecule has 0 amide bonds. The average molecular weight is 186 g/mol. The number of carbonyl (C=O) groups excluding carboxylic acids is 1. The third kappa shape index (κ3) is 1.14. The maximum atomic E-state index is 10.7. The Morgan fingerprint density at radius 2 is 2.18 bits per heavy atom. The molecule has 1 nitrogen and oxygen atoms in total. The van der Waals surface area contributed by atoms with Crippen LogP contribution in [0, 0.1) is 0 Å². The van der Waals surface area contributed by atoms with Gasteiger partial charge in [0.2, 0.25) is 0 Å². The molecule has 1 fully saturated rings. The van der Waals surface area contributed by atoms with E-state index >= 15 is 0 Å². The molecule has 1 saturated heterocycles. The smallest absolute Gasteiger partial charge is 0.147 e. The topological polar surface area (TPSA) is 17.1 Å². The van der Waals surface area contributed by atoms with E-state index in [1.165, 1.54) is 11.5 Å². The van der Waals surface area contributed by atoms with E-state index < -0.39 is 0 Å². The molecule has 1 heterocycles. The van der Waals surface area contributed by atoms with Gasteiger partial charge in [0.25, 0.3) is 0 Å². The molecule has 0 unspecified atom stereocenters. The molecule has 2 aliphatic rings. The van der Waals surface area contributed by atoms with E-state index in [9.17, 15) is 4.79 Å². The van der Waals surface area contributed by atoms with Crippen molar-refractivity contribution < 1.29 is 4.79 Å². The van der Waals surface area contributed by atoms with Gasteiger partial charge in [-0.3, -0.25) is 4.79 Å². The summed E-state index contributed by atoms with van der Waals surface area (Å²) in [5.41, 5.74) is 1.03. The van der Waals surface area contributed by atoms with Crippen LogP contribution in [0.3, 0.4) is 0 Å². The summed E-state index contributed by atoms with van der Waals surface area (Å²) in [5.74, 6) is 2.41. The lowest BCUT2D eigenvalue weighted by molar-refractivity contribution is -0.105. The Morgan fingerprint density at radius 3 is 2.82 bits per heavy atom. The van der Waals surface area contributed by atoms with Crippen molar-refractivity contribution in [1.82, 2.24) is 0 Å². The fourth-order valence-electron chi connectivity index (χ4n) is 1.62. The van der Waals surface area contributed by atoms with Crippen molar-refractivity contribution in [2.24, 2.45) is 0 Å². The first-order valence-corrected chi connectivity index (χ1v) is 5.78. The standard InChI is InChI=1S/C8H10OS2/c9-6-7-2-1-3-8(7)10-4-5-11-8/h2,6H,1,3-5H2. The van der Waals surface area contributed by atoms with Crippen molar-refractivity contribution in [2.45, 2.75) is 16.9 Å². The fourth-order valence-corrected chi connectivity index (χ4v) is 4.90. The number of thioether (sulfide) groups is 2. The van der Waals surface area contributed by atoms with Crippen LogP contribution in [-0.4, -0.2) is 21.9 Å². The van der Waals surface area contributed by atoms with E-state index in [4.69, 9.17) is 0 Å². The van der Waals surface area contributed by atoms with Gasteiger partial charge < -0.3 is 0 Å².